The topological polar surface area (TPSA) is 12.0 Å². The second-order valence-electron chi connectivity index (χ2n) is 4.70. The van der Waals surface area contributed by atoms with Gasteiger partial charge in [-0.2, -0.15) is 0 Å². The van der Waals surface area contributed by atoms with E-state index in [0.717, 1.165) is 16.6 Å². The predicted octanol–water partition coefficient (Wildman–Crippen LogP) is 5.79. The number of hydrogen-bond donors (Lipinski definition) is 1. The summed E-state index contributed by atoms with van der Waals surface area (Å²) >= 11 is 15.4. The van der Waals surface area contributed by atoms with Gasteiger partial charge in [0.25, 0.3) is 0 Å². The highest BCUT2D eigenvalue weighted by Crippen LogP contribution is 2.29. The quantitative estimate of drug-likeness (QED) is 0.681. The molecule has 0 aliphatic carbocycles. The Morgan fingerprint density at radius 2 is 1.95 bits per heavy atom. The molecule has 0 spiro atoms. The van der Waals surface area contributed by atoms with Crippen molar-refractivity contribution in [3.05, 3.63) is 67.9 Å². The van der Waals surface area contributed by atoms with Gasteiger partial charge in [-0.1, -0.05) is 48.3 Å². The molecule has 0 fully saturated rings. The third-order valence-corrected chi connectivity index (χ3v) is 4.78. The first kappa shape index (κ1) is 16.8. The van der Waals surface area contributed by atoms with Crippen LogP contribution in [0.3, 0.4) is 0 Å². The summed E-state index contributed by atoms with van der Waals surface area (Å²) in [4.78, 5) is 0. The Balaban J connectivity index is 2.30. The molecule has 1 atom stereocenters. The molecule has 1 nitrogen and oxygen atoms in total. The number of halogens is 4. The smallest absolute Gasteiger partial charge is 0.145 e. The van der Waals surface area contributed by atoms with Crippen LogP contribution in [-0.4, -0.2) is 6.54 Å². The van der Waals surface area contributed by atoms with Gasteiger partial charge in [-0.15, -0.1) is 0 Å². The van der Waals surface area contributed by atoms with Gasteiger partial charge in [-0.3, -0.25) is 0 Å². The van der Waals surface area contributed by atoms with Crippen molar-refractivity contribution in [2.75, 3.05) is 6.54 Å². The monoisotopic (exact) mass is 389 g/mol. The van der Waals surface area contributed by atoms with E-state index in [1.807, 2.05) is 25.1 Å². The molecule has 1 unspecified atom stereocenters. The van der Waals surface area contributed by atoms with Gasteiger partial charge < -0.3 is 5.32 Å². The zero-order chi connectivity index (χ0) is 15.4. The summed E-state index contributed by atoms with van der Waals surface area (Å²) in [5.74, 6) is -0.356. The first-order chi connectivity index (χ1) is 10.0. The maximum absolute atomic E-state index is 14.1. The molecule has 2 aromatic carbocycles. The van der Waals surface area contributed by atoms with E-state index in [1.54, 1.807) is 18.2 Å². The molecular weight excluding hydrogens is 376 g/mol. The Kier molecular flexibility index (Phi) is 6.06. The molecule has 2 rings (SSSR count). The third-order valence-electron chi connectivity index (χ3n) is 3.25. The molecular formula is C16H15BrCl2FN. The van der Waals surface area contributed by atoms with Crippen molar-refractivity contribution in [1.82, 2.24) is 5.32 Å². The van der Waals surface area contributed by atoms with Gasteiger partial charge in [0.2, 0.25) is 0 Å². The highest BCUT2D eigenvalue weighted by atomic mass is 79.9. The van der Waals surface area contributed by atoms with E-state index in [0.29, 0.717) is 17.0 Å². The molecule has 0 heterocycles. The van der Waals surface area contributed by atoms with E-state index >= 15 is 0 Å². The van der Waals surface area contributed by atoms with E-state index in [2.05, 4.69) is 21.2 Å². The molecule has 0 saturated heterocycles. The SMILES string of the molecule is CCNC(Cc1cccc(Cl)c1F)c1ccc(Br)c(Cl)c1. The molecule has 0 aliphatic heterocycles. The van der Waals surface area contributed by atoms with Crippen molar-refractivity contribution in [3.8, 4) is 0 Å². The van der Waals surface area contributed by atoms with Crippen LogP contribution in [0.25, 0.3) is 0 Å². The molecule has 0 saturated carbocycles. The summed E-state index contributed by atoms with van der Waals surface area (Å²) in [6.07, 6.45) is 0.512. The van der Waals surface area contributed by atoms with Crippen molar-refractivity contribution in [2.24, 2.45) is 0 Å². The summed E-state index contributed by atoms with van der Waals surface area (Å²) < 4.78 is 14.9. The zero-order valence-corrected chi connectivity index (χ0v) is 14.6. The lowest BCUT2D eigenvalue weighted by Crippen LogP contribution is -2.23. The highest BCUT2D eigenvalue weighted by molar-refractivity contribution is 9.10. The lowest BCUT2D eigenvalue weighted by atomic mass is 9.98. The van der Waals surface area contributed by atoms with Crippen LogP contribution in [-0.2, 0) is 6.42 Å². The van der Waals surface area contributed by atoms with E-state index in [1.165, 1.54) is 0 Å². The fraction of sp³-hybridized carbons (Fsp3) is 0.250. The molecule has 0 radical (unpaired) electrons. The van der Waals surface area contributed by atoms with Crippen LogP contribution in [0, 0.1) is 5.82 Å². The Hall–Kier alpha value is -0.610. The molecule has 0 aromatic heterocycles. The van der Waals surface area contributed by atoms with Crippen LogP contribution < -0.4 is 5.32 Å². The second kappa shape index (κ2) is 7.59. The van der Waals surface area contributed by atoms with Gasteiger partial charge in [-0.05, 0) is 58.2 Å². The molecule has 2 aromatic rings. The van der Waals surface area contributed by atoms with Gasteiger partial charge in [0.15, 0.2) is 0 Å². The first-order valence-corrected chi connectivity index (χ1v) is 8.19. The maximum atomic E-state index is 14.1. The third kappa shape index (κ3) is 4.19. The maximum Gasteiger partial charge on any atom is 0.145 e. The summed E-state index contributed by atoms with van der Waals surface area (Å²) in [5, 5.41) is 4.15. The molecule has 1 N–H and O–H groups in total. The Morgan fingerprint density at radius 3 is 2.62 bits per heavy atom. The van der Waals surface area contributed by atoms with Crippen LogP contribution in [0.5, 0.6) is 0 Å². The lowest BCUT2D eigenvalue weighted by Gasteiger charge is -2.19. The summed E-state index contributed by atoms with van der Waals surface area (Å²) in [6.45, 7) is 2.79. The zero-order valence-electron chi connectivity index (χ0n) is 11.5. The number of nitrogens with one attached hydrogen (secondary N) is 1. The standard InChI is InChI=1S/C16H15BrCl2FN/c1-2-21-15(10-6-7-12(17)14(19)8-10)9-11-4-3-5-13(18)16(11)20/h3-8,15,21H,2,9H2,1H3. The van der Waals surface area contributed by atoms with Crippen LogP contribution in [0.15, 0.2) is 40.9 Å². The number of benzene rings is 2. The van der Waals surface area contributed by atoms with E-state index in [-0.39, 0.29) is 16.9 Å². The van der Waals surface area contributed by atoms with Crippen molar-refractivity contribution in [2.45, 2.75) is 19.4 Å². The van der Waals surface area contributed by atoms with Gasteiger partial charge in [0.05, 0.1) is 10.0 Å². The Labute approximate surface area is 142 Å². The second-order valence-corrected chi connectivity index (χ2v) is 6.37. The summed E-state index contributed by atoms with van der Waals surface area (Å²) in [7, 11) is 0. The normalized spacial score (nSPS) is 12.4. The van der Waals surface area contributed by atoms with Crippen LogP contribution in [0.2, 0.25) is 10.0 Å². The van der Waals surface area contributed by atoms with Crippen LogP contribution >= 0.6 is 39.1 Å². The molecule has 0 aliphatic rings. The van der Waals surface area contributed by atoms with Gasteiger partial charge in [-0.25, -0.2) is 4.39 Å². The van der Waals surface area contributed by atoms with Crippen molar-refractivity contribution in [3.63, 3.8) is 0 Å². The van der Waals surface area contributed by atoms with Crippen molar-refractivity contribution in [1.29, 1.82) is 0 Å². The Bertz CT molecular complexity index is 634. The number of rotatable bonds is 5. The van der Waals surface area contributed by atoms with Gasteiger partial charge in [0, 0.05) is 10.5 Å². The van der Waals surface area contributed by atoms with E-state index in [9.17, 15) is 4.39 Å². The van der Waals surface area contributed by atoms with Crippen LogP contribution in [0.4, 0.5) is 4.39 Å². The average molecular weight is 391 g/mol. The fourth-order valence-electron chi connectivity index (χ4n) is 2.21. The fourth-order valence-corrected chi connectivity index (χ4v) is 2.84. The number of hydrogen-bond acceptors (Lipinski definition) is 1. The van der Waals surface area contributed by atoms with E-state index in [4.69, 9.17) is 23.2 Å². The minimum Gasteiger partial charge on any atom is -0.310 e. The molecule has 112 valence electrons. The van der Waals surface area contributed by atoms with Crippen molar-refractivity contribution < 1.29 is 4.39 Å². The lowest BCUT2D eigenvalue weighted by molar-refractivity contribution is 0.528. The minimum atomic E-state index is -0.356. The highest BCUT2D eigenvalue weighted by Gasteiger charge is 2.16. The molecule has 0 bridgehead atoms. The molecule has 0 amide bonds. The predicted molar refractivity (Wildman–Crippen MR) is 90.7 cm³/mol. The largest absolute Gasteiger partial charge is 0.310 e. The molecule has 5 heteroatoms. The summed E-state index contributed by atoms with van der Waals surface area (Å²) in [5.41, 5.74) is 1.61. The van der Waals surface area contributed by atoms with Gasteiger partial charge >= 0.3 is 0 Å². The van der Waals surface area contributed by atoms with Crippen molar-refractivity contribution >= 4 is 39.1 Å². The van der Waals surface area contributed by atoms with Gasteiger partial charge in [0.1, 0.15) is 5.82 Å². The Morgan fingerprint density at radius 1 is 1.19 bits per heavy atom. The minimum absolute atomic E-state index is 0.0198. The van der Waals surface area contributed by atoms with Crippen LogP contribution in [0.1, 0.15) is 24.1 Å². The molecule has 21 heavy (non-hydrogen) atoms. The first-order valence-electron chi connectivity index (χ1n) is 6.64. The average Bonchev–Trinajstić information content (AvgIpc) is 2.46. The number of likely N-dealkylation sites (N-methyl/N-ethyl adjacent to an activating group) is 1. The summed E-state index contributed by atoms with van der Waals surface area (Å²) in [6, 6.07) is 10.8. The van der Waals surface area contributed by atoms with E-state index < -0.39 is 0 Å².